The van der Waals surface area contributed by atoms with Gasteiger partial charge in [-0.05, 0) is 33.0 Å². The van der Waals surface area contributed by atoms with Crippen LogP contribution in [0.4, 0.5) is 0 Å². The molecule has 0 unspecified atom stereocenters. The Morgan fingerprint density at radius 2 is 0.556 bits per heavy atom. The summed E-state index contributed by atoms with van der Waals surface area (Å²) in [5.41, 5.74) is 0. The summed E-state index contributed by atoms with van der Waals surface area (Å²) in [5, 5.41) is 0. The van der Waals surface area contributed by atoms with Crippen LogP contribution < -0.4 is 0 Å². The van der Waals surface area contributed by atoms with Gasteiger partial charge in [-0.15, -0.1) is 0 Å². The number of unbranched alkanes of at least 4 members (excludes halogenated alkanes) is 19. The molecule has 0 aliphatic rings. The molecule has 0 saturated heterocycles. The summed E-state index contributed by atoms with van der Waals surface area (Å²) in [5.74, 6) is 0. The molecule has 0 aromatic heterocycles. The molecule has 0 aromatic carbocycles. The fourth-order valence-corrected chi connectivity index (χ4v) is 4.03. The van der Waals surface area contributed by atoms with Crippen molar-refractivity contribution in [1.82, 2.24) is 4.90 Å². The van der Waals surface area contributed by atoms with Crippen LogP contribution in [0.15, 0.2) is 0 Å². The summed E-state index contributed by atoms with van der Waals surface area (Å²) in [7, 11) is 2.32. The maximum atomic E-state index is 2.56. The lowest BCUT2D eigenvalue weighted by Gasteiger charge is -2.16. The zero-order valence-electron chi connectivity index (χ0n) is 19.7. The fourth-order valence-electron chi connectivity index (χ4n) is 4.03. The molecule has 0 aliphatic carbocycles. The van der Waals surface area contributed by atoms with Crippen molar-refractivity contribution in [2.75, 3.05) is 20.1 Å². The second-order valence-corrected chi connectivity index (χ2v) is 9.02. The van der Waals surface area contributed by atoms with Gasteiger partial charge in [0.1, 0.15) is 0 Å². The van der Waals surface area contributed by atoms with E-state index >= 15 is 0 Å². The average molecular weight is 382 g/mol. The zero-order valence-corrected chi connectivity index (χ0v) is 19.7. The molecule has 0 fully saturated rings. The van der Waals surface area contributed by atoms with Crippen molar-refractivity contribution in [2.45, 2.75) is 149 Å². The first-order valence-electron chi connectivity index (χ1n) is 13.0. The quantitative estimate of drug-likeness (QED) is 0.159. The molecule has 1 heteroatoms. The highest BCUT2D eigenvalue weighted by atomic mass is 15.1. The molecular weight excluding hydrogens is 326 g/mol. The Hall–Kier alpha value is -0.0400. The predicted molar refractivity (Wildman–Crippen MR) is 126 cm³/mol. The monoisotopic (exact) mass is 381 g/mol. The molecule has 0 aromatic rings. The van der Waals surface area contributed by atoms with Gasteiger partial charge < -0.3 is 4.90 Å². The van der Waals surface area contributed by atoms with Crippen molar-refractivity contribution in [3.8, 4) is 0 Å². The SMILES string of the molecule is CCCCCCCCCCCCCCCCN(C)CCCCCCCCC. The maximum Gasteiger partial charge on any atom is -0.00218 e. The number of nitrogens with zero attached hydrogens (tertiary/aromatic N) is 1. The second-order valence-electron chi connectivity index (χ2n) is 9.02. The van der Waals surface area contributed by atoms with Gasteiger partial charge in [-0.3, -0.25) is 0 Å². The van der Waals surface area contributed by atoms with E-state index in [4.69, 9.17) is 0 Å². The predicted octanol–water partition coefficient (Wildman–Crippen LogP) is 9.15. The fraction of sp³-hybridized carbons (Fsp3) is 1.00. The van der Waals surface area contributed by atoms with Gasteiger partial charge in [0.2, 0.25) is 0 Å². The number of hydrogen-bond donors (Lipinski definition) is 0. The molecular formula is C26H55N. The molecule has 1 nitrogen and oxygen atoms in total. The Bertz CT molecular complexity index is 251. The first kappa shape index (κ1) is 27.0. The van der Waals surface area contributed by atoms with Crippen LogP contribution in [0.1, 0.15) is 149 Å². The van der Waals surface area contributed by atoms with Gasteiger partial charge in [-0.2, -0.15) is 0 Å². The number of rotatable bonds is 23. The third kappa shape index (κ3) is 23.9. The highest BCUT2D eigenvalue weighted by Crippen LogP contribution is 2.13. The summed E-state index contributed by atoms with van der Waals surface area (Å²) in [6.07, 6.45) is 30.4. The first-order chi connectivity index (χ1) is 13.3. The molecule has 0 N–H and O–H groups in total. The Labute approximate surface area is 174 Å². The molecule has 0 bridgehead atoms. The molecule has 0 saturated carbocycles. The van der Waals surface area contributed by atoms with E-state index in [0.717, 1.165) is 0 Å². The van der Waals surface area contributed by atoms with E-state index < -0.39 is 0 Å². The van der Waals surface area contributed by atoms with Crippen LogP contribution in [-0.4, -0.2) is 25.0 Å². The maximum absolute atomic E-state index is 2.56. The van der Waals surface area contributed by atoms with Crippen molar-refractivity contribution in [3.63, 3.8) is 0 Å². The van der Waals surface area contributed by atoms with Crippen LogP contribution in [0.5, 0.6) is 0 Å². The first-order valence-corrected chi connectivity index (χ1v) is 13.0. The largest absolute Gasteiger partial charge is 0.306 e. The lowest BCUT2D eigenvalue weighted by Crippen LogP contribution is -2.20. The topological polar surface area (TPSA) is 3.24 Å². The van der Waals surface area contributed by atoms with Gasteiger partial charge in [0.05, 0.1) is 0 Å². The molecule has 0 spiro atoms. The van der Waals surface area contributed by atoms with Gasteiger partial charge in [-0.1, -0.05) is 136 Å². The Balaban J connectivity index is 3.10. The minimum atomic E-state index is 1.31. The summed E-state index contributed by atoms with van der Waals surface area (Å²) in [4.78, 5) is 2.56. The zero-order chi connectivity index (χ0) is 19.8. The molecule has 0 atom stereocenters. The van der Waals surface area contributed by atoms with Crippen LogP contribution in [0.3, 0.4) is 0 Å². The van der Waals surface area contributed by atoms with Crippen LogP contribution in [0.25, 0.3) is 0 Å². The standard InChI is InChI=1S/C26H55N/c1-4-6-8-10-12-13-14-15-16-17-18-20-22-24-26-27(3)25-23-21-19-11-9-7-5-2/h4-26H2,1-3H3. The van der Waals surface area contributed by atoms with E-state index in [9.17, 15) is 0 Å². The Kier molecular flexibility index (Phi) is 24.0. The molecule has 164 valence electrons. The summed E-state index contributed by atoms with van der Waals surface area (Å²) in [6.45, 7) is 7.22. The molecule has 0 aliphatic heterocycles. The average Bonchev–Trinajstić information content (AvgIpc) is 2.67. The van der Waals surface area contributed by atoms with E-state index in [1.807, 2.05) is 0 Å². The smallest absolute Gasteiger partial charge is 0.00218 e. The van der Waals surface area contributed by atoms with Gasteiger partial charge in [0.25, 0.3) is 0 Å². The molecule has 0 heterocycles. The minimum absolute atomic E-state index is 1.31. The third-order valence-electron chi connectivity index (χ3n) is 6.04. The van der Waals surface area contributed by atoms with Crippen LogP contribution in [-0.2, 0) is 0 Å². The lowest BCUT2D eigenvalue weighted by atomic mass is 10.0. The molecule has 0 amide bonds. The lowest BCUT2D eigenvalue weighted by molar-refractivity contribution is 0.314. The normalized spacial score (nSPS) is 11.6. The molecule has 0 radical (unpaired) electrons. The van der Waals surface area contributed by atoms with Gasteiger partial charge in [0, 0.05) is 0 Å². The van der Waals surface area contributed by atoms with Crippen LogP contribution in [0.2, 0.25) is 0 Å². The summed E-state index contributed by atoms with van der Waals surface area (Å²) in [6, 6.07) is 0. The van der Waals surface area contributed by atoms with Crippen molar-refractivity contribution >= 4 is 0 Å². The summed E-state index contributed by atoms with van der Waals surface area (Å²) < 4.78 is 0. The van der Waals surface area contributed by atoms with Gasteiger partial charge >= 0.3 is 0 Å². The number of hydrogen-bond acceptors (Lipinski definition) is 1. The van der Waals surface area contributed by atoms with Gasteiger partial charge in [-0.25, -0.2) is 0 Å². The van der Waals surface area contributed by atoms with Crippen molar-refractivity contribution in [3.05, 3.63) is 0 Å². The second kappa shape index (κ2) is 24.0. The van der Waals surface area contributed by atoms with Crippen molar-refractivity contribution in [2.24, 2.45) is 0 Å². The summed E-state index contributed by atoms with van der Waals surface area (Å²) >= 11 is 0. The minimum Gasteiger partial charge on any atom is -0.306 e. The van der Waals surface area contributed by atoms with E-state index in [-0.39, 0.29) is 0 Å². The van der Waals surface area contributed by atoms with E-state index in [1.54, 1.807) is 0 Å². The third-order valence-corrected chi connectivity index (χ3v) is 6.04. The van der Waals surface area contributed by atoms with E-state index in [0.29, 0.717) is 0 Å². The van der Waals surface area contributed by atoms with Crippen LogP contribution in [0, 0.1) is 0 Å². The van der Waals surface area contributed by atoms with Crippen LogP contribution >= 0.6 is 0 Å². The molecule has 27 heavy (non-hydrogen) atoms. The van der Waals surface area contributed by atoms with Gasteiger partial charge in [0.15, 0.2) is 0 Å². The Morgan fingerprint density at radius 3 is 0.815 bits per heavy atom. The Morgan fingerprint density at radius 1 is 0.333 bits per heavy atom. The van der Waals surface area contributed by atoms with E-state index in [1.165, 1.54) is 148 Å². The van der Waals surface area contributed by atoms with E-state index in [2.05, 4.69) is 25.8 Å². The molecule has 0 rings (SSSR count). The highest BCUT2D eigenvalue weighted by Gasteiger charge is 1.99. The van der Waals surface area contributed by atoms with Crippen molar-refractivity contribution in [1.29, 1.82) is 0 Å². The van der Waals surface area contributed by atoms with Crippen molar-refractivity contribution < 1.29 is 0 Å². The highest BCUT2D eigenvalue weighted by molar-refractivity contribution is 4.55.